The third-order valence-electron chi connectivity index (χ3n) is 3.32. The number of nitrogens with one attached hydrogen (secondary N) is 1. The maximum Gasteiger partial charge on any atom is 0.125 e. The summed E-state index contributed by atoms with van der Waals surface area (Å²) < 4.78 is 2.21. The van der Waals surface area contributed by atoms with Crippen LogP contribution in [0.1, 0.15) is 37.7 Å². The molecule has 2 rings (SSSR count). The smallest absolute Gasteiger partial charge is 0.125 e. The molecule has 0 aromatic carbocycles. The Morgan fingerprint density at radius 3 is 2.68 bits per heavy atom. The van der Waals surface area contributed by atoms with E-state index in [4.69, 9.17) is 0 Å². The number of pyridine rings is 1. The highest BCUT2D eigenvalue weighted by Crippen LogP contribution is 2.17. The Morgan fingerprint density at radius 2 is 2.00 bits per heavy atom. The maximum absolute atomic E-state index is 4.51. The van der Waals surface area contributed by atoms with Crippen LogP contribution in [0.15, 0.2) is 36.9 Å². The van der Waals surface area contributed by atoms with E-state index in [9.17, 15) is 0 Å². The lowest BCUT2D eigenvalue weighted by Gasteiger charge is -2.18. The molecule has 0 aliphatic rings. The van der Waals surface area contributed by atoms with Gasteiger partial charge in [0.05, 0.1) is 6.04 Å². The van der Waals surface area contributed by atoms with Gasteiger partial charge in [0.2, 0.25) is 0 Å². The monoisotopic (exact) mass is 258 g/mol. The van der Waals surface area contributed by atoms with E-state index < -0.39 is 0 Å². The fourth-order valence-corrected chi connectivity index (χ4v) is 2.33. The van der Waals surface area contributed by atoms with Crippen LogP contribution in [0.3, 0.4) is 0 Å². The van der Waals surface area contributed by atoms with Gasteiger partial charge in [-0.05, 0) is 44.0 Å². The molecule has 19 heavy (non-hydrogen) atoms. The molecule has 0 aliphatic carbocycles. The lowest BCUT2D eigenvalue weighted by atomic mass is 10.1. The van der Waals surface area contributed by atoms with Gasteiger partial charge in [0.15, 0.2) is 0 Å². The molecule has 0 bridgehead atoms. The quantitative estimate of drug-likeness (QED) is 0.830. The van der Waals surface area contributed by atoms with E-state index in [1.165, 1.54) is 5.56 Å². The Hall–Kier alpha value is -1.68. The molecule has 0 spiro atoms. The van der Waals surface area contributed by atoms with Crippen molar-refractivity contribution < 1.29 is 0 Å². The van der Waals surface area contributed by atoms with Crippen LogP contribution in [0.5, 0.6) is 0 Å². The van der Waals surface area contributed by atoms with Crippen LogP contribution in [-0.4, -0.2) is 21.1 Å². The summed E-state index contributed by atoms with van der Waals surface area (Å²) in [6, 6.07) is 4.47. The number of rotatable bonds is 7. The van der Waals surface area contributed by atoms with Crippen LogP contribution >= 0.6 is 0 Å². The minimum atomic E-state index is 0.313. The second-order valence-corrected chi connectivity index (χ2v) is 4.58. The normalized spacial score (nSPS) is 12.5. The third-order valence-corrected chi connectivity index (χ3v) is 3.32. The van der Waals surface area contributed by atoms with Gasteiger partial charge < -0.3 is 9.88 Å². The Labute approximate surface area is 114 Å². The van der Waals surface area contributed by atoms with Crippen LogP contribution in [0.25, 0.3) is 0 Å². The van der Waals surface area contributed by atoms with Gasteiger partial charge in [-0.15, -0.1) is 0 Å². The topological polar surface area (TPSA) is 42.7 Å². The predicted octanol–water partition coefficient (Wildman–Crippen LogP) is 2.58. The molecule has 102 valence electrons. The summed E-state index contributed by atoms with van der Waals surface area (Å²) in [6.07, 6.45) is 9.72. The number of aromatic nitrogens is 3. The summed E-state index contributed by atoms with van der Waals surface area (Å²) in [5, 5.41) is 3.53. The molecule has 0 saturated carbocycles. The van der Waals surface area contributed by atoms with Crippen molar-refractivity contribution in [2.75, 3.05) is 6.54 Å². The van der Waals surface area contributed by atoms with Crippen LogP contribution < -0.4 is 5.32 Å². The lowest BCUT2D eigenvalue weighted by molar-refractivity contribution is 0.469. The summed E-state index contributed by atoms with van der Waals surface area (Å²) >= 11 is 0. The molecule has 1 N–H and O–H groups in total. The van der Waals surface area contributed by atoms with Gasteiger partial charge in [0.1, 0.15) is 5.82 Å². The van der Waals surface area contributed by atoms with E-state index in [1.807, 2.05) is 24.8 Å². The molecule has 2 aromatic rings. The fraction of sp³-hybridized carbons (Fsp3) is 0.467. The molecule has 0 saturated heterocycles. The minimum absolute atomic E-state index is 0.313. The highest BCUT2D eigenvalue weighted by molar-refractivity contribution is 5.11. The van der Waals surface area contributed by atoms with E-state index in [0.29, 0.717) is 6.04 Å². The van der Waals surface area contributed by atoms with Gasteiger partial charge in [0, 0.05) is 31.3 Å². The zero-order valence-corrected chi connectivity index (χ0v) is 11.7. The third kappa shape index (κ3) is 3.64. The SMILES string of the molecule is CCNC(CCc1ccncc1)c1nccn1CC. The molecule has 0 aliphatic heterocycles. The maximum atomic E-state index is 4.51. The van der Waals surface area contributed by atoms with Crippen molar-refractivity contribution in [2.24, 2.45) is 0 Å². The highest BCUT2D eigenvalue weighted by atomic mass is 15.1. The average molecular weight is 258 g/mol. The van der Waals surface area contributed by atoms with E-state index in [0.717, 1.165) is 31.8 Å². The van der Waals surface area contributed by atoms with Crippen LogP contribution in [0, 0.1) is 0 Å². The standard InChI is InChI=1S/C15H22N4/c1-3-17-14(15-18-11-12-19(15)4-2)6-5-13-7-9-16-10-8-13/h7-12,14,17H,3-6H2,1-2H3. The number of aryl methyl sites for hydroxylation is 2. The van der Waals surface area contributed by atoms with Crippen molar-refractivity contribution in [3.8, 4) is 0 Å². The van der Waals surface area contributed by atoms with Crippen molar-refractivity contribution in [3.05, 3.63) is 48.3 Å². The Balaban J connectivity index is 2.04. The zero-order valence-electron chi connectivity index (χ0n) is 11.7. The van der Waals surface area contributed by atoms with E-state index in [2.05, 4.69) is 45.8 Å². The number of imidazole rings is 1. The number of hydrogen-bond acceptors (Lipinski definition) is 3. The summed E-state index contributed by atoms with van der Waals surface area (Å²) in [5.41, 5.74) is 1.33. The van der Waals surface area contributed by atoms with Crippen molar-refractivity contribution in [3.63, 3.8) is 0 Å². The molecule has 2 aromatic heterocycles. The minimum Gasteiger partial charge on any atom is -0.334 e. The number of nitrogens with zero attached hydrogens (tertiary/aromatic N) is 3. The second kappa shape index (κ2) is 7.04. The molecule has 1 unspecified atom stereocenters. The van der Waals surface area contributed by atoms with Crippen LogP contribution in [-0.2, 0) is 13.0 Å². The summed E-state index contributed by atoms with van der Waals surface area (Å²) in [4.78, 5) is 8.56. The van der Waals surface area contributed by atoms with Gasteiger partial charge in [0.25, 0.3) is 0 Å². The first-order valence-electron chi connectivity index (χ1n) is 6.98. The number of hydrogen-bond donors (Lipinski definition) is 1. The molecule has 0 fully saturated rings. The summed E-state index contributed by atoms with van der Waals surface area (Å²) in [7, 11) is 0. The van der Waals surface area contributed by atoms with Gasteiger partial charge in [-0.1, -0.05) is 6.92 Å². The van der Waals surface area contributed by atoms with Gasteiger partial charge in [-0.25, -0.2) is 4.98 Å². The molecule has 0 amide bonds. The van der Waals surface area contributed by atoms with Crippen LogP contribution in [0.2, 0.25) is 0 Å². The molecule has 4 heteroatoms. The van der Waals surface area contributed by atoms with Crippen molar-refractivity contribution in [2.45, 2.75) is 39.3 Å². The van der Waals surface area contributed by atoms with Gasteiger partial charge in [-0.2, -0.15) is 0 Å². The van der Waals surface area contributed by atoms with Crippen LogP contribution in [0.4, 0.5) is 0 Å². The molecule has 4 nitrogen and oxygen atoms in total. The second-order valence-electron chi connectivity index (χ2n) is 4.58. The highest BCUT2D eigenvalue weighted by Gasteiger charge is 2.15. The Kier molecular flexibility index (Phi) is 5.10. The first-order chi connectivity index (χ1) is 9.35. The summed E-state index contributed by atoms with van der Waals surface area (Å²) in [6.45, 7) is 6.21. The molecular weight excluding hydrogens is 236 g/mol. The first-order valence-corrected chi connectivity index (χ1v) is 6.98. The summed E-state index contributed by atoms with van der Waals surface area (Å²) in [5.74, 6) is 1.14. The molecular formula is C15H22N4. The van der Waals surface area contributed by atoms with Crippen molar-refractivity contribution in [1.82, 2.24) is 19.9 Å². The van der Waals surface area contributed by atoms with Gasteiger partial charge in [-0.3, -0.25) is 4.98 Å². The average Bonchev–Trinajstić information content (AvgIpc) is 2.93. The molecule has 2 heterocycles. The zero-order chi connectivity index (χ0) is 13.5. The van der Waals surface area contributed by atoms with E-state index in [-0.39, 0.29) is 0 Å². The Bertz CT molecular complexity index is 478. The van der Waals surface area contributed by atoms with E-state index >= 15 is 0 Å². The Morgan fingerprint density at radius 1 is 1.21 bits per heavy atom. The largest absolute Gasteiger partial charge is 0.334 e. The molecule has 0 radical (unpaired) electrons. The lowest BCUT2D eigenvalue weighted by Crippen LogP contribution is -2.24. The predicted molar refractivity (Wildman–Crippen MR) is 76.9 cm³/mol. The first kappa shape index (κ1) is 13.7. The van der Waals surface area contributed by atoms with Crippen molar-refractivity contribution >= 4 is 0 Å². The van der Waals surface area contributed by atoms with Gasteiger partial charge >= 0.3 is 0 Å². The van der Waals surface area contributed by atoms with E-state index in [1.54, 1.807) is 0 Å². The van der Waals surface area contributed by atoms with Crippen molar-refractivity contribution in [1.29, 1.82) is 0 Å². The fourth-order valence-electron chi connectivity index (χ4n) is 2.33. The molecule has 1 atom stereocenters.